The molecule has 0 spiro atoms. The van der Waals surface area contributed by atoms with Gasteiger partial charge in [-0.25, -0.2) is 9.59 Å². The van der Waals surface area contributed by atoms with Crippen molar-refractivity contribution in [1.29, 1.82) is 0 Å². The van der Waals surface area contributed by atoms with Gasteiger partial charge < -0.3 is 14.4 Å². The lowest BCUT2D eigenvalue weighted by molar-refractivity contribution is -0.384. The summed E-state index contributed by atoms with van der Waals surface area (Å²) >= 11 is 0. The number of hydrogen-bond donors (Lipinski definition) is 0. The van der Waals surface area contributed by atoms with Crippen molar-refractivity contribution in [2.75, 3.05) is 18.1 Å². The van der Waals surface area contributed by atoms with E-state index >= 15 is 0 Å². The van der Waals surface area contributed by atoms with Crippen molar-refractivity contribution in [3.63, 3.8) is 0 Å². The average molecular weight is 412 g/mol. The molecule has 1 heterocycles. The summed E-state index contributed by atoms with van der Waals surface area (Å²) in [4.78, 5) is 49.3. The quantitative estimate of drug-likeness (QED) is 0.407. The highest BCUT2D eigenvalue weighted by Crippen LogP contribution is 2.28. The topological polar surface area (TPSA) is 116 Å². The van der Waals surface area contributed by atoms with Crippen molar-refractivity contribution < 1.29 is 28.8 Å². The molecule has 2 aromatic carbocycles. The highest BCUT2D eigenvalue weighted by Gasteiger charge is 2.30. The second kappa shape index (κ2) is 8.73. The van der Waals surface area contributed by atoms with E-state index in [4.69, 9.17) is 9.47 Å². The Bertz CT molecular complexity index is 1020. The number of rotatable bonds is 6. The van der Waals surface area contributed by atoms with Crippen LogP contribution in [0.5, 0.6) is 0 Å². The van der Waals surface area contributed by atoms with Crippen LogP contribution in [0.2, 0.25) is 0 Å². The van der Waals surface area contributed by atoms with Crippen molar-refractivity contribution in [3.05, 3.63) is 69.3 Å². The Balaban J connectivity index is 1.79. The van der Waals surface area contributed by atoms with Gasteiger partial charge in [0, 0.05) is 24.4 Å². The maximum absolute atomic E-state index is 12.8. The smallest absolute Gasteiger partial charge is 0.339 e. The van der Waals surface area contributed by atoms with Gasteiger partial charge in [-0.2, -0.15) is 0 Å². The van der Waals surface area contributed by atoms with Crippen LogP contribution in [0.4, 0.5) is 11.4 Å². The summed E-state index contributed by atoms with van der Waals surface area (Å²) in [5, 5.41) is 11.2. The van der Waals surface area contributed by atoms with Crippen molar-refractivity contribution >= 4 is 29.2 Å². The first kappa shape index (κ1) is 21.0. The molecular weight excluding hydrogens is 392 g/mol. The van der Waals surface area contributed by atoms with Crippen LogP contribution in [0, 0.1) is 10.1 Å². The average Bonchev–Trinajstić information content (AvgIpc) is 3.17. The second-order valence-electron chi connectivity index (χ2n) is 6.66. The van der Waals surface area contributed by atoms with Crippen LogP contribution in [0.1, 0.15) is 40.1 Å². The van der Waals surface area contributed by atoms with Crippen LogP contribution in [0.15, 0.2) is 42.5 Å². The van der Waals surface area contributed by atoms with Crippen LogP contribution in [-0.2, 0) is 20.7 Å². The Hall–Kier alpha value is -3.75. The first-order valence-electron chi connectivity index (χ1n) is 9.38. The molecule has 0 N–H and O–H groups in total. The molecule has 0 aromatic heterocycles. The normalized spacial score (nSPS) is 13.3. The number of amides is 1. The lowest BCUT2D eigenvalue weighted by Gasteiger charge is -2.21. The number of nitro groups is 1. The monoisotopic (exact) mass is 412 g/mol. The van der Waals surface area contributed by atoms with Crippen LogP contribution >= 0.6 is 0 Å². The van der Waals surface area contributed by atoms with Gasteiger partial charge in [-0.15, -0.1) is 0 Å². The van der Waals surface area contributed by atoms with E-state index in [0.717, 1.165) is 29.4 Å². The Morgan fingerprint density at radius 3 is 2.47 bits per heavy atom. The molecule has 2 aromatic rings. The number of nitro benzene ring substituents is 1. The fraction of sp³-hybridized carbons (Fsp3) is 0.286. The number of para-hydroxylation sites is 1. The number of ether oxygens (including phenoxy) is 2. The number of benzene rings is 2. The number of carbonyl (C=O) groups excluding carboxylic acids is 3. The molecule has 0 fully saturated rings. The SMILES string of the molecule is CCOC(=O)c1cc(C(=O)OC(C)C(=O)N2CCc3ccccc32)cc([N+](=O)[O-])c1. The van der Waals surface area contributed by atoms with Gasteiger partial charge in [-0.3, -0.25) is 14.9 Å². The first-order chi connectivity index (χ1) is 14.3. The van der Waals surface area contributed by atoms with Crippen LogP contribution in [0.3, 0.4) is 0 Å². The molecule has 30 heavy (non-hydrogen) atoms. The maximum atomic E-state index is 12.8. The molecule has 156 valence electrons. The van der Waals surface area contributed by atoms with E-state index in [0.29, 0.717) is 13.0 Å². The molecule has 1 aliphatic heterocycles. The third-order valence-corrected chi connectivity index (χ3v) is 4.66. The molecule has 1 amide bonds. The molecule has 1 unspecified atom stereocenters. The molecular formula is C21H20N2O7. The molecule has 0 bridgehead atoms. The van der Waals surface area contributed by atoms with E-state index in [1.165, 1.54) is 6.92 Å². The summed E-state index contributed by atoms with van der Waals surface area (Å²) in [5.41, 5.74) is 0.978. The summed E-state index contributed by atoms with van der Waals surface area (Å²) < 4.78 is 10.1. The summed E-state index contributed by atoms with van der Waals surface area (Å²) in [6.07, 6.45) is -0.412. The van der Waals surface area contributed by atoms with E-state index in [2.05, 4.69) is 0 Å². The lowest BCUT2D eigenvalue weighted by Crippen LogP contribution is -2.39. The van der Waals surface area contributed by atoms with Gasteiger partial charge in [0.05, 0.1) is 22.7 Å². The van der Waals surface area contributed by atoms with E-state index in [1.54, 1.807) is 11.8 Å². The van der Waals surface area contributed by atoms with E-state index in [-0.39, 0.29) is 17.7 Å². The summed E-state index contributed by atoms with van der Waals surface area (Å²) in [5.74, 6) is -2.14. The van der Waals surface area contributed by atoms with Gasteiger partial charge >= 0.3 is 11.9 Å². The number of hydrogen-bond acceptors (Lipinski definition) is 7. The highest BCUT2D eigenvalue weighted by atomic mass is 16.6. The Labute approximate surface area is 172 Å². The minimum Gasteiger partial charge on any atom is -0.462 e. The number of nitrogens with zero attached hydrogens (tertiary/aromatic N) is 2. The van der Waals surface area contributed by atoms with Crippen molar-refractivity contribution in [2.45, 2.75) is 26.4 Å². The molecule has 0 aliphatic carbocycles. The minimum atomic E-state index is -1.12. The summed E-state index contributed by atoms with van der Waals surface area (Å²) in [7, 11) is 0. The maximum Gasteiger partial charge on any atom is 0.339 e. The molecule has 1 atom stereocenters. The number of esters is 2. The fourth-order valence-corrected chi connectivity index (χ4v) is 3.23. The van der Waals surface area contributed by atoms with Gasteiger partial charge in [-0.05, 0) is 38.0 Å². The van der Waals surface area contributed by atoms with E-state index < -0.39 is 34.6 Å². The van der Waals surface area contributed by atoms with Gasteiger partial charge in [0.2, 0.25) is 0 Å². The predicted molar refractivity (Wildman–Crippen MR) is 106 cm³/mol. The van der Waals surface area contributed by atoms with Crippen LogP contribution in [0.25, 0.3) is 0 Å². The summed E-state index contributed by atoms with van der Waals surface area (Å²) in [6, 6.07) is 10.6. The van der Waals surface area contributed by atoms with E-state index in [9.17, 15) is 24.5 Å². The molecule has 9 heteroatoms. The molecule has 9 nitrogen and oxygen atoms in total. The van der Waals surface area contributed by atoms with Gasteiger partial charge in [0.25, 0.3) is 11.6 Å². The molecule has 3 rings (SSSR count). The van der Waals surface area contributed by atoms with Crippen LogP contribution in [-0.4, -0.2) is 42.0 Å². The van der Waals surface area contributed by atoms with E-state index in [1.807, 2.05) is 24.3 Å². The van der Waals surface area contributed by atoms with Gasteiger partial charge in [-0.1, -0.05) is 18.2 Å². The number of fused-ring (bicyclic) bond motifs is 1. The lowest BCUT2D eigenvalue weighted by atomic mass is 10.1. The third kappa shape index (κ3) is 4.29. The van der Waals surface area contributed by atoms with Crippen molar-refractivity contribution in [2.24, 2.45) is 0 Å². The number of carbonyl (C=O) groups is 3. The standard InChI is InChI=1S/C21H20N2O7/c1-3-29-20(25)15-10-16(12-17(11-15)23(27)28)21(26)30-13(2)19(24)22-9-8-14-6-4-5-7-18(14)22/h4-7,10-13H,3,8-9H2,1-2H3. The Morgan fingerprint density at radius 1 is 1.13 bits per heavy atom. The van der Waals surface area contributed by atoms with Crippen molar-refractivity contribution in [3.8, 4) is 0 Å². The number of anilines is 1. The van der Waals surface area contributed by atoms with Crippen molar-refractivity contribution in [1.82, 2.24) is 0 Å². The highest BCUT2D eigenvalue weighted by molar-refractivity contribution is 6.01. The zero-order chi connectivity index (χ0) is 21.8. The molecule has 1 aliphatic rings. The molecule has 0 radical (unpaired) electrons. The van der Waals surface area contributed by atoms with Gasteiger partial charge in [0.15, 0.2) is 6.10 Å². The zero-order valence-corrected chi connectivity index (χ0v) is 16.5. The second-order valence-corrected chi connectivity index (χ2v) is 6.66. The number of non-ortho nitro benzene ring substituents is 1. The minimum absolute atomic E-state index is 0.0736. The van der Waals surface area contributed by atoms with Crippen LogP contribution < -0.4 is 4.90 Å². The summed E-state index contributed by atoms with van der Waals surface area (Å²) in [6.45, 7) is 3.58. The molecule has 0 saturated heterocycles. The largest absolute Gasteiger partial charge is 0.462 e. The Morgan fingerprint density at radius 2 is 1.80 bits per heavy atom. The third-order valence-electron chi connectivity index (χ3n) is 4.66. The fourth-order valence-electron chi connectivity index (χ4n) is 3.23. The van der Waals surface area contributed by atoms with Gasteiger partial charge in [0.1, 0.15) is 0 Å². The molecule has 0 saturated carbocycles. The predicted octanol–water partition coefficient (Wildman–Crippen LogP) is 2.91. The zero-order valence-electron chi connectivity index (χ0n) is 16.5. The Kier molecular flexibility index (Phi) is 6.10. The first-order valence-corrected chi connectivity index (χ1v) is 9.38.